The van der Waals surface area contributed by atoms with E-state index in [0.717, 1.165) is 36.1 Å². The monoisotopic (exact) mass is 259 g/mol. The van der Waals surface area contributed by atoms with Crippen molar-refractivity contribution in [3.8, 4) is 0 Å². The Morgan fingerprint density at radius 3 is 2.68 bits per heavy atom. The number of amides is 2. The molecule has 0 fully saturated rings. The summed E-state index contributed by atoms with van der Waals surface area (Å²) in [5.41, 5.74) is 12.6. The number of nitrogens with zero attached hydrogens (tertiary/aromatic N) is 1. The molecule has 2 amide bonds. The van der Waals surface area contributed by atoms with Crippen LogP contribution < -0.4 is 11.2 Å². The smallest absolute Gasteiger partial charge is 0.329 e. The largest absolute Gasteiger partial charge is 0.361 e. The van der Waals surface area contributed by atoms with Crippen LogP contribution in [0.4, 0.5) is 0 Å². The Morgan fingerprint density at radius 2 is 2.00 bits per heavy atom. The molecule has 1 aromatic carbocycles. The third kappa shape index (κ3) is 2.81. The topological polar surface area (TPSA) is 84.6 Å². The number of nitrogens with one attached hydrogen (secondary N) is 1. The van der Waals surface area contributed by atoms with Gasteiger partial charge < -0.3 is 5.73 Å². The number of carbonyl (C=O) groups is 2. The molecule has 2 rings (SSSR count). The maximum absolute atomic E-state index is 11.1. The van der Waals surface area contributed by atoms with Crippen molar-refractivity contribution in [1.29, 1.82) is 0 Å². The fourth-order valence-electron chi connectivity index (χ4n) is 2.44. The van der Waals surface area contributed by atoms with E-state index in [4.69, 9.17) is 5.73 Å². The number of hydrogen-bond donors (Lipinski definition) is 2. The van der Waals surface area contributed by atoms with Gasteiger partial charge in [-0.1, -0.05) is 11.6 Å². The van der Waals surface area contributed by atoms with Crippen LogP contribution in [0.1, 0.15) is 35.1 Å². The van der Waals surface area contributed by atoms with E-state index in [1.54, 1.807) is 0 Å². The number of aryl methyl sites for hydroxylation is 2. The van der Waals surface area contributed by atoms with Gasteiger partial charge in [-0.25, -0.2) is 5.43 Å². The summed E-state index contributed by atoms with van der Waals surface area (Å²) in [6.45, 7) is 4.11. The number of carbonyl (C=O) groups excluding carboxylic acids is 2. The van der Waals surface area contributed by atoms with Crippen LogP contribution in [0.3, 0.4) is 0 Å². The minimum absolute atomic E-state index is 0.787. The van der Waals surface area contributed by atoms with Gasteiger partial charge in [-0.3, -0.25) is 9.59 Å². The molecule has 19 heavy (non-hydrogen) atoms. The number of hydrogen-bond acceptors (Lipinski definition) is 3. The third-order valence-electron chi connectivity index (χ3n) is 3.28. The fraction of sp³-hybridized carbons (Fsp3) is 0.357. The van der Waals surface area contributed by atoms with Gasteiger partial charge in [0.05, 0.1) is 5.71 Å². The molecule has 0 spiro atoms. The Labute approximate surface area is 111 Å². The molecule has 0 aliphatic heterocycles. The number of rotatable bonds is 1. The summed E-state index contributed by atoms with van der Waals surface area (Å²) >= 11 is 0. The molecule has 1 aromatic rings. The Morgan fingerprint density at radius 1 is 1.26 bits per heavy atom. The van der Waals surface area contributed by atoms with E-state index in [1.165, 1.54) is 11.1 Å². The predicted octanol–water partition coefficient (Wildman–Crippen LogP) is 0.945. The van der Waals surface area contributed by atoms with E-state index in [2.05, 4.69) is 29.6 Å². The molecule has 1 aliphatic carbocycles. The molecule has 3 N–H and O–H groups in total. The highest BCUT2D eigenvalue weighted by atomic mass is 16.2. The van der Waals surface area contributed by atoms with E-state index in [0.29, 0.717) is 0 Å². The maximum atomic E-state index is 11.1. The molecular formula is C14H17N3O2. The van der Waals surface area contributed by atoms with Gasteiger partial charge >= 0.3 is 11.8 Å². The summed E-state index contributed by atoms with van der Waals surface area (Å²) in [4.78, 5) is 21.8. The van der Waals surface area contributed by atoms with Crippen molar-refractivity contribution >= 4 is 17.5 Å². The van der Waals surface area contributed by atoms with Crippen LogP contribution in [0.15, 0.2) is 17.2 Å². The Kier molecular flexibility index (Phi) is 3.64. The molecule has 0 radical (unpaired) electrons. The summed E-state index contributed by atoms with van der Waals surface area (Å²) in [5.74, 6) is -1.91. The van der Waals surface area contributed by atoms with E-state index in [-0.39, 0.29) is 0 Å². The highest BCUT2D eigenvalue weighted by Crippen LogP contribution is 2.26. The van der Waals surface area contributed by atoms with Crippen LogP contribution in [-0.4, -0.2) is 17.5 Å². The zero-order valence-corrected chi connectivity index (χ0v) is 11.1. The second-order valence-electron chi connectivity index (χ2n) is 4.83. The third-order valence-corrected chi connectivity index (χ3v) is 3.28. The zero-order chi connectivity index (χ0) is 14.0. The fourth-order valence-corrected chi connectivity index (χ4v) is 2.44. The first kappa shape index (κ1) is 13.3. The van der Waals surface area contributed by atoms with Crippen LogP contribution in [-0.2, 0) is 16.0 Å². The lowest BCUT2D eigenvalue weighted by molar-refractivity contribution is -0.137. The van der Waals surface area contributed by atoms with Crippen LogP contribution in [0.25, 0.3) is 0 Å². The van der Waals surface area contributed by atoms with Crippen LogP contribution >= 0.6 is 0 Å². The van der Waals surface area contributed by atoms with Crippen LogP contribution in [0.5, 0.6) is 0 Å². The number of benzene rings is 1. The minimum atomic E-state index is -1.03. The van der Waals surface area contributed by atoms with E-state index < -0.39 is 11.8 Å². The van der Waals surface area contributed by atoms with Gasteiger partial charge in [-0.05, 0) is 50.3 Å². The normalized spacial score (nSPS) is 16.0. The molecule has 0 aromatic heterocycles. The molecule has 0 atom stereocenters. The van der Waals surface area contributed by atoms with Gasteiger partial charge in [0.1, 0.15) is 0 Å². The average Bonchev–Trinajstić information content (AvgIpc) is 2.35. The van der Waals surface area contributed by atoms with Gasteiger partial charge in [0.15, 0.2) is 0 Å². The van der Waals surface area contributed by atoms with Gasteiger partial charge in [0.25, 0.3) is 0 Å². The molecule has 0 bridgehead atoms. The van der Waals surface area contributed by atoms with E-state index >= 15 is 0 Å². The highest BCUT2D eigenvalue weighted by molar-refractivity contribution is 6.34. The van der Waals surface area contributed by atoms with Gasteiger partial charge in [-0.15, -0.1) is 0 Å². The average molecular weight is 259 g/mol. The lowest BCUT2D eigenvalue weighted by atomic mass is 9.86. The highest BCUT2D eigenvalue weighted by Gasteiger charge is 2.18. The zero-order valence-electron chi connectivity index (χ0n) is 11.1. The van der Waals surface area contributed by atoms with E-state index in [9.17, 15) is 9.59 Å². The first-order valence-electron chi connectivity index (χ1n) is 6.26. The molecular weight excluding hydrogens is 242 g/mol. The molecule has 5 heteroatoms. The molecule has 0 saturated heterocycles. The summed E-state index contributed by atoms with van der Waals surface area (Å²) in [6, 6.07) is 4.21. The summed E-state index contributed by atoms with van der Waals surface area (Å²) in [7, 11) is 0. The van der Waals surface area contributed by atoms with Crippen molar-refractivity contribution in [2.45, 2.75) is 33.1 Å². The quantitative estimate of drug-likeness (QED) is 0.581. The summed E-state index contributed by atoms with van der Waals surface area (Å²) in [6.07, 6.45) is 2.79. The van der Waals surface area contributed by atoms with E-state index in [1.807, 2.05) is 6.92 Å². The van der Waals surface area contributed by atoms with Gasteiger partial charge in [0.2, 0.25) is 0 Å². The summed E-state index contributed by atoms with van der Waals surface area (Å²) < 4.78 is 0. The first-order chi connectivity index (χ1) is 8.99. The number of fused-ring (bicyclic) bond motifs is 1. The van der Waals surface area contributed by atoms with Crippen molar-refractivity contribution in [2.75, 3.05) is 0 Å². The van der Waals surface area contributed by atoms with Crippen molar-refractivity contribution in [1.82, 2.24) is 5.43 Å². The van der Waals surface area contributed by atoms with Crippen LogP contribution in [0.2, 0.25) is 0 Å². The number of primary amides is 1. The lowest BCUT2D eigenvalue weighted by Gasteiger charge is -2.20. The Hall–Kier alpha value is -2.17. The van der Waals surface area contributed by atoms with Crippen LogP contribution in [0, 0.1) is 13.8 Å². The molecule has 0 heterocycles. The molecule has 1 aliphatic rings. The predicted molar refractivity (Wildman–Crippen MR) is 72.7 cm³/mol. The van der Waals surface area contributed by atoms with Gasteiger partial charge in [0, 0.05) is 5.56 Å². The molecule has 100 valence electrons. The maximum Gasteiger partial charge on any atom is 0.329 e. The minimum Gasteiger partial charge on any atom is -0.361 e. The van der Waals surface area contributed by atoms with Crippen molar-refractivity contribution in [3.63, 3.8) is 0 Å². The second kappa shape index (κ2) is 5.22. The SMILES string of the molecule is Cc1cc(C)c2c(c1)/C(=N/NC(=O)C(N)=O)CCC2. The molecule has 0 saturated carbocycles. The standard InChI is InChI=1S/C14H17N3O2/c1-8-6-9(2)10-4-3-5-12(11(10)7-8)16-17-14(19)13(15)18/h6-7H,3-5H2,1-2H3,(H2,15,18)(H,17,19)/b16-12+. The summed E-state index contributed by atoms with van der Waals surface area (Å²) in [5, 5.41) is 4.04. The number of nitrogens with two attached hydrogens (primary N) is 1. The Bertz CT molecular complexity index is 576. The molecule has 0 unspecified atom stereocenters. The van der Waals surface area contributed by atoms with Crippen molar-refractivity contribution < 1.29 is 9.59 Å². The first-order valence-corrected chi connectivity index (χ1v) is 6.26. The second-order valence-corrected chi connectivity index (χ2v) is 4.83. The van der Waals surface area contributed by atoms with Crippen molar-refractivity contribution in [2.24, 2.45) is 10.8 Å². The Balaban J connectivity index is 2.34. The number of hydrazone groups is 1. The lowest BCUT2D eigenvalue weighted by Crippen LogP contribution is -2.34. The molecule has 5 nitrogen and oxygen atoms in total. The van der Waals surface area contributed by atoms with Gasteiger partial charge in [-0.2, -0.15) is 5.10 Å². The van der Waals surface area contributed by atoms with Crippen molar-refractivity contribution in [3.05, 3.63) is 34.4 Å².